The zero-order valence-corrected chi connectivity index (χ0v) is 11.7. The van der Waals surface area contributed by atoms with Crippen molar-refractivity contribution < 1.29 is 4.79 Å². The fraction of sp³-hybridized carbons (Fsp3) is 0.812. The van der Waals surface area contributed by atoms with E-state index >= 15 is 0 Å². The first-order valence-corrected chi connectivity index (χ1v) is 7.48. The largest absolute Gasteiger partial charge is 0.353 e. The van der Waals surface area contributed by atoms with E-state index in [9.17, 15) is 4.79 Å². The Balaban J connectivity index is 1.78. The Morgan fingerprint density at radius 1 is 1.28 bits per heavy atom. The monoisotopic (exact) mass is 247 g/mol. The van der Waals surface area contributed by atoms with Gasteiger partial charge in [0.2, 0.25) is 5.91 Å². The normalized spacial score (nSPS) is 38.3. The SMILES string of the molecule is C=C1C(C)(C)[C@H]2CC[C@@]1(C(=O)NC1CCCC1)C2. The maximum absolute atomic E-state index is 12.7. The topological polar surface area (TPSA) is 29.1 Å². The highest BCUT2D eigenvalue weighted by Gasteiger charge is 2.60. The molecule has 0 aromatic heterocycles. The van der Waals surface area contributed by atoms with Gasteiger partial charge >= 0.3 is 0 Å². The first kappa shape index (κ1) is 12.3. The van der Waals surface area contributed by atoms with E-state index in [2.05, 4.69) is 25.7 Å². The summed E-state index contributed by atoms with van der Waals surface area (Å²) in [7, 11) is 0. The van der Waals surface area contributed by atoms with Crippen molar-refractivity contribution in [3.8, 4) is 0 Å². The van der Waals surface area contributed by atoms with Crippen molar-refractivity contribution in [2.45, 2.75) is 64.8 Å². The third kappa shape index (κ3) is 1.50. The number of hydrogen-bond acceptors (Lipinski definition) is 1. The fourth-order valence-corrected chi connectivity index (χ4v) is 4.54. The Bertz CT molecular complexity index is 392. The lowest BCUT2D eigenvalue weighted by atomic mass is 9.68. The first-order valence-electron chi connectivity index (χ1n) is 7.48. The van der Waals surface area contributed by atoms with Crippen LogP contribution in [0.3, 0.4) is 0 Å². The average molecular weight is 247 g/mol. The third-order valence-electron chi connectivity index (χ3n) is 6.02. The van der Waals surface area contributed by atoms with Crippen LogP contribution in [-0.2, 0) is 4.79 Å². The molecule has 3 aliphatic carbocycles. The van der Waals surface area contributed by atoms with Gasteiger partial charge in [-0.25, -0.2) is 0 Å². The molecule has 0 aliphatic heterocycles. The molecular formula is C16H25NO. The molecule has 18 heavy (non-hydrogen) atoms. The van der Waals surface area contributed by atoms with Crippen molar-refractivity contribution >= 4 is 5.91 Å². The molecule has 2 bridgehead atoms. The zero-order chi connectivity index (χ0) is 13.0. The van der Waals surface area contributed by atoms with E-state index in [-0.39, 0.29) is 16.7 Å². The Morgan fingerprint density at radius 3 is 2.50 bits per heavy atom. The number of carbonyl (C=O) groups is 1. The van der Waals surface area contributed by atoms with E-state index in [1.165, 1.54) is 37.7 Å². The van der Waals surface area contributed by atoms with Crippen molar-refractivity contribution in [3.05, 3.63) is 12.2 Å². The third-order valence-corrected chi connectivity index (χ3v) is 6.02. The second kappa shape index (κ2) is 3.85. The molecule has 3 saturated carbocycles. The smallest absolute Gasteiger partial charge is 0.230 e. The van der Waals surface area contributed by atoms with Crippen molar-refractivity contribution in [2.24, 2.45) is 16.7 Å². The standard InChI is InChI=1S/C16H25NO/c1-11-15(2,3)12-8-9-16(11,10-12)14(18)17-13-6-4-5-7-13/h12-13H,1,4-10H2,2-3H3,(H,17,18)/t12-,16+/m0/s1. The van der Waals surface area contributed by atoms with Gasteiger partial charge in [-0.2, -0.15) is 0 Å². The summed E-state index contributed by atoms with van der Waals surface area (Å²) in [5, 5.41) is 3.31. The lowest BCUT2D eigenvalue weighted by molar-refractivity contribution is -0.129. The van der Waals surface area contributed by atoms with Crippen LogP contribution in [0, 0.1) is 16.7 Å². The van der Waals surface area contributed by atoms with Gasteiger partial charge in [-0.15, -0.1) is 0 Å². The first-order chi connectivity index (χ1) is 8.47. The van der Waals surface area contributed by atoms with Gasteiger partial charge in [-0.05, 0) is 43.4 Å². The van der Waals surface area contributed by atoms with E-state index in [0.717, 1.165) is 12.8 Å². The number of nitrogens with one attached hydrogen (secondary N) is 1. The highest BCUT2D eigenvalue weighted by Crippen LogP contribution is 2.65. The van der Waals surface area contributed by atoms with Crippen LogP contribution in [0.1, 0.15) is 58.8 Å². The highest BCUT2D eigenvalue weighted by atomic mass is 16.2. The molecule has 2 nitrogen and oxygen atoms in total. The molecule has 0 heterocycles. The predicted octanol–water partition coefficient (Wildman–Crippen LogP) is 3.43. The molecule has 0 aromatic carbocycles. The summed E-state index contributed by atoms with van der Waals surface area (Å²) in [4.78, 5) is 12.7. The van der Waals surface area contributed by atoms with Crippen LogP contribution in [0.5, 0.6) is 0 Å². The molecule has 1 N–H and O–H groups in total. The van der Waals surface area contributed by atoms with Gasteiger partial charge in [-0.1, -0.05) is 38.8 Å². The molecule has 3 fully saturated rings. The van der Waals surface area contributed by atoms with E-state index < -0.39 is 0 Å². The van der Waals surface area contributed by atoms with Gasteiger partial charge in [0.15, 0.2) is 0 Å². The lowest BCUT2D eigenvalue weighted by Crippen LogP contribution is -2.45. The van der Waals surface area contributed by atoms with Crippen LogP contribution in [0.4, 0.5) is 0 Å². The number of rotatable bonds is 2. The maximum Gasteiger partial charge on any atom is 0.230 e. The van der Waals surface area contributed by atoms with Crippen molar-refractivity contribution in [1.29, 1.82) is 0 Å². The summed E-state index contributed by atoms with van der Waals surface area (Å²) in [6.07, 6.45) is 8.14. The minimum Gasteiger partial charge on any atom is -0.353 e. The summed E-state index contributed by atoms with van der Waals surface area (Å²) in [5.41, 5.74) is 1.13. The Labute approximate surface area is 110 Å². The van der Waals surface area contributed by atoms with Gasteiger partial charge in [0.1, 0.15) is 0 Å². The summed E-state index contributed by atoms with van der Waals surface area (Å²) < 4.78 is 0. The van der Waals surface area contributed by atoms with Crippen LogP contribution < -0.4 is 5.32 Å². The Hall–Kier alpha value is -0.790. The van der Waals surface area contributed by atoms with Crippen LogP contribution in [0.25, 0.3) is 0 Å². The molecule has 2 heteroatoms. The highest BCUT2D eigenvalue weighted by molar-refractivity contribution is 5.87. The maximum atomic E-state index is 12.7. The minimum absolute atomic E-state index is 0.158. The molecule has 0 saturated heterocycles. The minimum atomic E-state index is -0.225. The van der Waals surface area contributed by atoms with Gasteiger partial charge in [0.05, 0.1) is 5.41 Å². The van der Waals surface area contributed by atoms with Gasteiger partial charge in [0.25, 0.3) is 0 Å². The molecule has 3 rings (SSSR count). The van der Waals surface area contributed by atoms with Crippen molar-refractivity contribution in [1.82, 2.24) is 5.32 Å². The van der Waals surface area contributed by atoms with Gasteiger partial charge in [-0.3, -0.25) is 4.79 Å². The van der Waals surface area contributed by atoms with Gasteiger partial charge < -0.3 is 5.32 Å². The number of amides is 1. The average Bonchev–Trinajstić information content (AvgIpc) is 2.98. The van der Waals surface area contributed by atoms with Crippen LogP contribution in [0.15, 0.2) is 12.2 Å². The molecule has 0 radical (unpaired) electrons. The van der Waals surface area contributed by atoms with E-state index in [1.54, 1.807) is 0 Å². The molecule has 3 aliphatic rings. The van der Waals surface area contributed by atoms with Gasteiger partial charge in [0, 0.05) is 6.04 Å². The second-order valence-electron chi connectivity index (χ2n) is 7.18. The van der Waals surface area contributed by atoms with E-state index in [4.69, 9.17) is 0 Å². The van der Waals surface area contributed by atoms with E-state index in [1.807, 2.05) is 0 Å². The molecule has 100 valence electrons. The zero-order valence-electron chi connectivity index (χ0n) is 11.7. The summed E-state index contributed by atoms with van der Waals surface area (Å²) in [5.74, 6) is 0.951. The van der Waals surface area contributed by atoms with Crippen LogP contribution >= 0.6 is 0 Å². The second-order valence-corrected chi connectivity index (χ2v) is 7.18. The molecule has 0 unspecified atom stereocenters. The van der Waals surface area contributed by atoms with Crippen LogP contribution in [0.2, 0.25) is 0 Å². The lowest BCUT2D eigenvalue weighted by Gasteiger charge is -2.37. The molecule has 1 amide bonds. The molecule has 0 spiro atoms. The molecular weight excluding hydrogens is 222 g/mol. The van der Waals surface area contributed by atoms with E-state index in [0.29, 0.717) is 12.0 Å². The summed E-state index contributed by atoms with van der Waals surface area (Å²) in [6, 6.07) is 0.433. The Morgan fingerprint density at radius 2 is 1.94 bits per heavy atom. The van der Waals surface area contributed by atoms with Crippen LogP contribution in [-0.4, -0.2) is 11.9 Å². The van der Waals surface area contributed by atoms with Crippen molar-refractivity contribution in [2.75, 3.05) is 0 Å². The summed E-state index contributed by atoms with van der Waals surface area (Å²) in [6.45, 7) is 8.83. The molecule has 0 aromatic rings. The Kier molecular flexibility index (Phi) is 2.62. The summed E-state index contributed by atoms with van der Waals surface area (Å²) >= 11 is 0. The fourth-order valence-electron chi connectivity index (χ4n) is 4.54. The van der Waals surface area contributed by atoms with Crippen molar-refractivity contribution in [3.63, 3.8) is 0 Å². The number of carbonyl (C=O) groups excluding carboxylic acids is 1. The molecule has 2 atom stereocenters. The number of fused-ring (bicyclic) bond motifs is 2. The predicted molar refractivity (Wildman–Crippen MR) is 73.1 cm³/mol. The number of hydrogen-bond donors (Lipinski definition) is 1. The quantitative estimate of drug-likeness (QED) is 0.744.